The summed E-state index contributed by atoms with van der Waals surface area (Å²) in [5.74, 6) is -0.809. The van der Waals surface area contributed by atoms with E-state index in [0.717, 1.165) is 27.4 Å². The molecule has 7 nitrogen and oxygen atoms in total. The third-order valence-electron chi connectivity index (χ3n) is 6.21. The first-order valence-electron chi connectivity index (χ1n) is 12.5. The topological polar surface area (TPSA) is 86.8 Å². The van der Waals surface area contributed by atoms with Crippen LogP contribution in [0.3, 0.4) is 0 Å². The van der Waals surface area contributed by atoms with E-state index in [0.29, 0.717) is 17.3 Å². The van der Waals surface area contributed by atoms with E-state index < -0.39 is 28.5 Å². The first-order valence-corrected chi connectivity index (χ1v) is 14.3. The summed E-state index contributed by atoms with van der Waals surface area (Å²) in [7, 11) is -4.09. The molecule has 2 amide bonds. The summed E-state index contributed by atoms with van der Waals surface area (Å²) in [5, 5.41) is 3.38. The first kappa shape index (κ1) is 29.2. The Morgan fingerprint density at radius 1 is 0.974 bits per heavy atom. The molecule has 0 heterocycles. The zero-order chi connectivity index (χ0) is 27.9. The van der Waals surface area contributed by atoms with Gasteiger partial charge in [0.1, 0.15) is 12.6 Å². The van der Waals surface area contributed by atoms with E-state index in [1.165, 1.54) is 17.0 Å². The van der Waals surface area contributed by atoms with Crippen molar-refractivity contribution in [2.45, 2.75) is 51.6 Å². The molecule has 3 rings (SSSR count). The minimum Gasteiger partial charge on any atom is -0.354 e. The van der Waals surface area contributed by atoms with E-state index in [9.17, 15) is 18.0 Å². The molecule has 0 radical (unpaired) electrons. The SMILES string of the molecule is CCCNC(=O)[C@H](C)N(Cc1ccc(Cl)cc1)C(=O)CN(c1ccc(C)cc1C)S(=O)(=O)c1ccccc1. The van der Waals surface area contributed by atoms with Gasteiger partial charge in [-0.3, -0.25) is 13.9 Å². The van der Waals surface area contributed by atoms with Crippen LogP contribution >= 0.6 is 11.6 Å². The molecular weight excluding hydrogens is 522 g/mol. The van der Waals surface area contributed by atoms with Crippen LogP contribution in [0.15, 0.2) is 77.7 Å². The molecule has 38 heavy (non-hydrogen) atoms. The minimum absolute atomic E-state index is 0.0748. The number of amides is 2. The highest BCUT2D eigenvalue weighted by molar-refractivity contribution is 7.92. The summed E-state index contributed by atoms with van der Waals surface area (Å²) in [5.41, 5.74) is 2.86. The molecule has 0 aliphatic rings. The number of rotatable bonds is 11. The number of nitrogens with zero attached hydrogens (tertiary/aromatic N) is 2. The maximum Gasteiger partial charge on any atom is 0.264 e. The van der Waals surface area contributed by atoms with Gasteiger partial charge in [0.05, 0.1) is 10.6 Å². The molecule has 0 aromatic heterocycles. The van der Waals surface area contributed by atoms with Crippen molar-refractivity contribution in [3.05, 3.63) is 94.5 Å². The highest BCUT2D eigenvalue weighted by atomic mass is 35.5. The Balaban J connectivity index is 2.03. The highest BCUT2D eigenvalue weighted by Gasteiger charge is 2.33. The highest BCUT2D eigenvalue weighted by Crippen LogP contribution is 2.28. The molecule has 0 aliphatic heterocycles. The monoisotopic (exact) mass is 555 g/mol. The molecule has 1 N–H and O–H groups in total. The Labute approximate surface area is 230 Å². The molecule has 0 bridgehead atoms. The van der Waals surface area contributed by atoms with Gasteiger partial charge < -0.3 is 10.2 Å². The Hall–Kier alpha value is -3.36. The third-order valence-corrected chi connectivity index (χ3v) is 8.24. The predicted molar refractivity (Wildman–Crippen MR) is 152 cm³/mol. The Kier molecular flexibility index (Phi) is 9.94. The van der Waals surface area contributed by atoms with Crippen LogP contribution in [-0.2, 0) is 26.2 Å². The van der Waals surface area contributed by atoms with Crippen molar-refractivity contribution in [3.63, 3.8) is 0 Å². The summed E-state index contributed by atoms with van der Waals surface area (Å²) < 4.78 is 28.8. The Morgan fingerprint density at radius 2 is 1.63 bits per heavy atom. The molecule has 0 saturated carbocycles. The summed E-state index contributed by atoms with van der Waals surface area (Å²) in [4.78, 5) is 28.3. The quantitative estimate of drug-likeness (QED) is 0.357. The standard InChI is InChI=1S/C29H34ClN3O4S/c1-5-17-31-29(35)23(4)32(19-24-12-14-25(30)15-13-24)28(34)20-33(27-16-11-21(2)18-22(27)3)38(36,37)26-9-7-6-8-10-26/h6-16,18,23H,5,17,19-20H2,1-4H3,(H,31,35)/t23-/m0/s1. The molecule has 3 aromatic rings. The van der Waals surface area contributed by atoms with Gasteiger partial charge in [-0.2, -0.15) is 0 Å². The number of benzene rings is 3. The fourth-order valence-corrected chi connectivity index (χ4v) is 5.71. The number of aryl methyl sites for hydroxylation is 2. The van der Waals surface area contributed by atoms with Crippen LogP contribution in [0.1, 0.15) is 37.0 Å². The average molecular weight is 556 g/mol. The summed E-state index contributed by atoms with van der Waals surface area (Å²) >= 11 is 6.03. The van der Waals surface area contributed by atoms with E-state index in [2.05, 4.69) is 5.32 Å². The van der Waals surface area contributed by atoms with Crippen LogP contribution in [0.5, 0.6) is 0 Å². The molecule has 0 spiro atoms. The average Bonchev–Trinajstić information content (AvgIpc) is 2.90. The number of hydrogen-bond acceptors (Lipinski definition) is 4. The molecule has 0 fully saturated rings. The van der Waals surface area contributed by atoms with Crippen LogP contribution in [0.25, 0.3) is 0 Å². The van der Waals surface area contributed by atoms with Gasteiger partial charge in [-0.15, -0.1) is 0 Å². The van der Waals surface area contributed by atoms with Gasteiger partial charge in [0.2, 0.25) is 11.8 Å². The molecule has 1 atom stereocenters. The van der Waals surface area contributed by atoms with Crippen molar-refractivity contribution in [3.8, 4) is 0 Å². The van der Waals surface area contributed by atoms with Crippen LogP contribution in [0.2, 0.25) is 5.02 Å². The van der Waals surface area contributed by atoms with Crippen molar-refractivity contribution < 1.29 is 18.0 Å². The number of carbonyl (C=O) groups excluding carboxylic acids is 2. The summed E-state index contributed by atoms with van der Waals surface area (Å²) in [6, 6.07) is 19.6. The van der Waals surface area contributed by atoms with Crippen molar-refractivity contribution in [2.24, 2.45) is 0 Å². The zero-order valence-electron chi connectivity index (χ0n) is 22.1. The van der Waals surface area contributed by atoms with E-state index in [1.807, 2.05) is 32.9 Å². The van der Waals surface area contributed by atoms with Gasteiger partial charge in [-0.25, -0.2) is 8.42 Å². The van der Waals surface area contributed by atoms with E-state index in [-0.39, 0.29) is 17.3 Å². The lowest BCUT2D eigenvalue weighted by molar-refractivity contribution is -0.139. The maximum atomic E-state index is 13.9. The van der Waals surface area contributed by atoms with Crippen LogP contribution in [0, 0.1) is 13.8 Å². The number of halogens is 1. The normalized spacial score (nSPS) is 12.0. The summed E-state index contributed by atoms with van der Waals surface area (Å²) in [6.45, 7) is 7.44. The number of carbonyl (C=O) groups is 2. The molecular formula is C29H34ClN3O4S. The van der Waals surface area contributed by atoms with E-state index in [1.54, 1.807) is 55.5 Å². The number of nitrogens with one attached hydrogen (secondary N) is 1. The molecule has 202 valence electrons. The smallest absolute Gasteiger partial charge is 0.264 e. The van der Waals surface area contributed by atoms with Gasteiger partial charge in [-0.1, -0.05) is 66.6 Å². The van der Waals surface area contributed by atoms with Gasteiger partial charge >= 0.3 is 0 Å². The molecule has 0 unspecified atom stereocenters. The zero-order valence-corrected chi connectivity index (χ0v) is 23.7. The van der Waals surface area contributed by atoms with E-state index in [4.69, 9.17) is 11.6 Å². The van der Waals surface area contributed by atoms with Crippen LogP contribution < -0.4 is 9.62 Å². The fourth-order valence-electron chi connectivity index (χ4n) is 4.08. The second-order valence-corrected chi connectivity index (χ2v) is 11.5. The molecule has 9 heteroatoms. The second kappa shape index (κ2) is 12.9. The third kappa shape index (κ3) is 7.14. The van der Waals surface area contributed by atoms with Crippen molar-refractivity contribution in [1.29, 1.82) is 0 Å². The van der Waals surface area contributed by atoms with Gasteiger partial charge in [0.15, 0.2) is 0 Å². The van der Waals surface area contributed by atoms with Gasteiger partial charge in [0, 0.05) is 18.1 Å². The van der Waals surface area contributed by atoms with Crippen molar-refractivity contribution in [2.75, 3.05) is 17.4 Å². The van der Waals surface area contributed by atoms with Crippen LogP contribution in [0.4, 0.5) is 5.69 Å². The lowest BCUT2D eigenvalue weighted by Gasteiger charge is -2.32. The van der Waals surface area contributed by atoms with Crippen molar-refractivity contribution >= 4 is 39.1 Å². The predicted octanol–water partition coefficient (Wildman–Crippen LogP) is 5.10. The molecule has 3 aromatic carbocycles. The van der Waals surface area contributed by atoms with Crippen LogP contribution in [-0.4, -0.2) is 44.3 Å². The van der Waals surface area contributed by atoms with Gasteiger partial charge in [-0.05, 0) is 68.7 Å². The second-order valence-electron chi connectivity index (χ2n) is 9.23. The van der Waals surface area contributed by atoms with E-state index >= 15 is 0 Å². The van der Waals surface area contributed by atoms with Gasteiger partial charge in [0.25, 0.3) is 10.0 Å². The first-order chi connectivity index (χ1) is 18.0. The lowest BCUT2D eigenvalue weighted by atomic mass is 10.1. The summed E-state index contributed by atoms with van der Waals surface area (Å²) in [6.07, 6.45) is 0.749. The number of sulfonamides is 1. The minimum atomic E-state index is -4.09. The number of anilines is 1. The Morgan fingerprint density at radius 3 is 2.24 bits per heavy atom. The Bertz CT molecular complexity index is 1360. The number of hydrogen-bond donors (Lipinski definition) is 1. The fraction of sp³-hybridized carbons (Fsp3) is 0.310. The largest absolute Gasteiger partial charge is 0.354 e. The molecule has 0 saturated heterocycles. The maximum absolute atomic E-state index is 13.9. The lowest BCUT2D eigenvalue weighted by Crippen LogP contribution is -2.51. The van der Waals surface area contributed by atoms with Crippen molar-refractivity contribution in [1.82, 2.24) is 10.2 Å². The molecule has 0 aliphatic carbocycles.